The topological polar surface area (TPSA) is 34.4 Å². The Balaban J connectivity index is 1.86. The lowest BCUT2D eigenvalue weighted by atomic mass is 10.2. The van der Waals surface area contributed by atoms with Crippen LogP contribution in [0.15, 0.2) is 46.9 Å². The molecule has 0 amide bonds. The largest absolute Gasteiger partial charge is 0.493 e. The van der Waals surface area contributed by atoms with Crippen molar-refractivity contribution < 1.29 is 17.9 Å². The van der Waals surface area contributed by atoms with Crippen molar-refractivity contribution in [3.8, 4) is 5.75 Å². The van der Waals surface area contributed by atoms with Crippen molar-refractivity contribution in [1.82, 2.24) is 0 Å². The van der Waals surface area contributed by atoms with E-state index in [0.717, 1.165) is 5.39 Å². The molecule has 3 aromatic rings. The van der Waals surface area contributed by atoms with Gasteiger partial charge in [0, 0.05) is 5.39 Å². The number of furan rings is 1. The molecule has 0 fully saturated rings. The number of ether oxygens (including phenoxy) is 1. The Labute approximate surface area is 120 Å². The summed E-state index contributed by atoms with van der Waals surface area (Å²) in [6.07, 6.45) is 0. The predicted molar refractivity (Wildman–Crippen MR) is 76.5 cm³/mol. The van der Waals surface area contributed by atoms with Gasteiger partial charge in [-0.05, 0) is 24.3 Å². The van der Waals surface area contributed by atoms with E-state index >= 15 is 0 Å². The summed E-state index contributed by atoms with van der Waals surface area (Å²) in [7, 11) is 1.56. The maximum Gasteiger partial charge on any atom is 0.176 e. The van der Waals surface area contributed by atoms with Gasteiger partial charge in [-0.3, -0.25) is 0 Å². The third kappa shape index (κ3) is 2.54. The number of rotatable bonds is 4. The number of anilines is 1. The highest BCUT2D eigenvalue weighted by molar-refractivity contribution is 5.83. The molecule has 3 nitrogen and oxygen atoms in total. The molecule has 0 bridgehead atoms. The van der Waals surface area contributed by atoms with Crippen LogP contribution in [-0.2, 0) is 6.54 Å². The second-order valence-electron chi connectivity index (χ2n) is 4.54. The molecular weight excluding hydrogens is 276 g/mol. The SMILES string of the molecule is COc1cccc2cc(CNc3c(F)cccc3F)oc12. The van der Waals surface area contributed by atoms with E-state index in [2.05, 4.69) is 5.32 Å². The molecule has 5 heteroatoms. The lowest BCUT2D eigenvalue weighted by Crippen LogP contribution is -2.02. The zero-order valence-corrected chi connectivity index (χ0v) is 11.3. The highest BCUT2D eigenvalue weighted by Crippen LogP contribution is 2.29. The first-order chi connectivity index (χ1) is 10.2. The highest BCUT2D eigenvalue weighted by atomic mass is 19.1. The summed E-state index contributed by atoms with van der Waals surface area (Å²) >= 11 is 0. The summed E-state index contributed by atoms with van der Waals surface area (Å²) in [6, 6.07) is 11.1. The molecule has 0 saturated carbocycles. The zero-order valence-electron chi connectivity index (χ0n) is 11.3. The number of fused-ring (bicyclic) bond motifs is 1. The van der Waals surface area contributed by atoms with Gasteiger partial charge in [0.15, 0.2) is 11.3 Å². The van der Waals surface area contributed by atoms with Gasteiger partial charge in [0.1, 0.15) is 23.1 Å². The van der Waals surface area contributed by atoms with Crippen LogP contribution in [0.1, 0.15) is 5.76 Å². The molecule has 0 radical (unpaired) electrons. The Kier molecular flexibility index (Phi) is 3.48. The fourth-order valence-electron chi connectivity index (χ4n) is 2.18. The van der Waals surface area contributed by atoms with Crippen LogP contribution in [0.25, 0.3) is 11.0 Å². The third-order valence-electron chi connectivity index (χ3n) is 3.18. The Bertz CT molecular complexity index is 763. The van der Waals surface area contributed by atoms with Gasteiger partial charge in [0.25, 0.3) is 0 Å². The number of hydrogen-bond donors (Lipinski definition) is 1. The van der Waals surface area contributed by atoms with Gasteiger partial charge in [0.05, 0.1) is 13.7 Å². The van der Waals surface area contributed by atoms with E-state index in [9.17, 15) is 8.78 Å². The van der Waals surface area contributed by atoms with Crippen LogP contribution in [0.4, 0.5) is 14.5 Å². The van der Waals surface area contributed by atoms with E-state index in [4.69, 9.17) is 9.15 Å². The van der Waals surface area contributed by atoms with E-state index in [1.807, 2.05) is 18.2 Å². The lowest BCUT2D eigenvalue weighted by molar-refractivity contribution is 0.408. The maximum absolute atomic E-state index is 13.5. The van der Waals surface area contributed by atoms with Crippen molar-refractivity contribution in [1.29, 1.82) is 0 Å². The van der Waals surface area contributed by atoms with Crippen LogP contribution in [0.3, 0.4) is 0 Å². The quantitative estimate of drug-likeness (QED) is 0.776. The van der Waals surface area contributed by atoms with Crippen LogP contribution in [0, 0.1) is 11.6 Å². The van der Waals surface area contributed by atoms with E-state index in [1.165, 1.54) is 18.2 Å². The van der Waals surface area contributed by atoms with Crippen molar-refractivity contribution in [2.24, 2.45) is 0 Å². The van der Waals surface area contributed by atoms with Crippen molar-refractivity contribution >= 4 is 16.7 Å². The Morgan fingerprint density at radius 1 is 1.10 bits per heavy atom. The zero-order chi connectivity index (χ0) is 14.8. The van der Waals surface area contributed by atoms with Crippen molar-refractivity contribution in [3.63, 3.8) is 0 Å². The number of benzene rings is 2. The lowest BCUT2D eigenvalue weighted by Gasteiger charge is -2.06. The molecule has 3 rings (SSSR count). The van der Waals surface area contributed by atoms with Gasteiger partial charge < -0.3 is 14.5 Å². The summed E-state index contributed by atoms with van der Waals surface area (Å²) in [6.45, 7) is 0.176. The summed E-state index contributed by atoms with van der Waals surface area (Å²) in [4.78, 5) is 0. The minimum atomic E-state index is -0.635. The number of halogens is 2. The normalized spacial score (nSPS) is 10.8. The predicted octanol–water partition coefficient (Wildman–Crippen LogP) is 4.33. The molecule has 108 valence electrons. The molecule has 0 atom stereocenters. The van der Waals surface area contributed by atoms with Crippen molar-refractivity contribution in [2.75, 3.05) is 12.4 Å². The molecule has 1 N–H and O–H groups in total. The third-order valence-corrected chi connectivity index (χ3v) is 3.18. The van der Waals surface area contributed by atoms with Gasteiger partial charge in [0.2, 0.25) is 0 Å². The van der Waals surface area contributed by atoms with Gasteiger partial charge in [-0.1, -0.05) is 18.2 Å². The van der Waals surface area contributed by atoms with Crippen LogP contribution < -0.4 is 10.1 Å². The minimum Gasteiger partial charge on any atom is -0.493 e. The highest BCUT2D eigenvalue weighted by Gasteiger charge is 2.11. The summed E-state index contributed by atoms with van der Waals surface area (Å²) in [5.41, 5.74) is 0.454. The number of nitrogens with one attached hydrogen (secondary N) is 1. The first kappa shape index (κ1) is 13.4. The Morgan fingerprint density at radius 3 is 2.52 bits per heavy atom. The molecule has 1 aromatic heterocycles. The first-order valence-electron chi connectivity index (χ1n) is 6.42. The van der Waals surface area contributed by atoms with Gasteiger partial charge >= 0.3 is 0 Å². The Hall–Kier alpha value is -2.56. The maximum atomic E-state index is 13.5. The van der Waals surface area contributed by atoms with Gasteiger partial charge in [-0.2, -0.15) is 0 Å². The van der Waals surface area contributed by atoms with E-state index in [-0.39, 0.29) is 12.2 Å². The van der Waals surface area contributed by atoms with E-state index in [1.54, 1.807) is 13.2 Å². The molecule has 0 saturated heterocycles. The smallest absolute Gasteiger partial charge is 0.176 e. The standard InChI is InChI=1S/C16H13F2NO2/c1-20-14-7-2-4-10-8-11(21-16(10)14)9-19-15-12(17)5-3-6-13(15)18/h2-8,19H,9H2,1H3. The second kappa shape index (κ2) is 5.44. The number of methoxy groups -OCH3 is 1. The number of para-hydroxylation sites is 2. The minimum absolute atomic E-state index is 0.162. The molecule has 2 aromatic carbocycles. The molecule has 0 unspecified atom stereocenters. The van der Waals surface area contributed by atoms with Gasteiger partial charge in [-0.15, -0.1) is 0 Å². The van der Waals surface area contributed by atoms with E-state index < -0.39 is 11.6 Å². The van der Waals surface area contributed by atoms with E-state index in [0.29, 0.717) is 17.1 Å². The number of hydrogen-bond acceptors (Lipinski definition) is 3. The first-order valence-corrected chi connectivity index (χ1v) is 6.42. The average Bonchev–Trinajstić information content (AvgIpc) is 2.89. The fourth-order valence-corrected chi connectivity index (χ4v) is 2.18. The summed E-state index contributed by atoms with van der Waals surface area (Å²) < 4.78 is 37.9. The fraction of sp³-hybridized carbons (Fsp3) is 0.125. The molecule has 21 heavy (non-hydrogen) atoms. The van der Waals surface area contributed by atoms with Crippen LogP contribution in [-0.4, -0.2) is 7.11 Å². The van der Waals surface area contributed by atoms with Crippen molar-refractivity contribution in [3.05, 3.63) is 59.9 Å². The summed E-state index contributed by atoms with van der Waals surface area (Å²) in [5.74, 6) is -0.0830. The average molecular weight is 289 g/mol. The Morgan fingerprint density at radius 2 is 1.81 bits per heavy atom. The second-order valence-corrected chi connectivity index (χ2v) is 4.54. The molecule has 0 aliphatic rings. The van der Waals surface area contributed by atoms with Gasteiger partial charge in [-0.25, -0.2) is 8.78 Å². The molecule has 0 aliphatic carbocycles. The summed E-state index contributed by atoms with van der Waals surface area (Å²) in [5, 5.41) is 3.59. The van der Waals surface area contributed by atoms with Crippen LogP contribution in [0.5, 0.6) is 5.75 Å². The molecule has 0 spiro atoms. The van der Waals surface area contributed by atoms with Crippen LogP contribution in [0.2, 0.25) is 0 Å². The van der Waals surface area contributed by atoms with Crippen molar-refractivity contribution in [2.45, 2.75) is 6.54 Å². The molecule has 0 aliphatic heterocycles. The molecular formula is C16H13F2NO2. The monoisotopic (exact) mass is 289 g/mol. The van der Waals surface area contributed by atoms with Crippen LogP contribution >= 0.6 is 0 Å². The molecule has 1 heterocycles.